The van der Waals surface area contributed by atoms with Gasteiger partial charge in [0, 0.05) is 0 Å². The van der Waals surface area contributed by atoms with Crippen LogP contribution in [0.1, 0.15) is 213 Å². The number of rotatable bonds is 36. The molecule has 0 aliphatic carbocycles. The summed E-state index contributed by atoms with van der Waals surface area (Å²) in [6, 6.07) is 0. The molecule has 52 heavy (non-hydrogen) atoms. The van der Waals surface area contributed by atoms with Crippen molar-refractivity contribution in [1.82, 2.24) is 6.15 Å². The fraction of sp³-hybridized carbons (Fsp3) is 1.00. The molecule has 0 atom stereocenters. The average Bonchev–Trinajstić information content (AvgIpc) is 3.04. The molecule has 0 bridgehead atoms. The minimum Gasteiger partial charge on any atom is -0.344 e. The topological polar surface area (TPSA) is 226 Å². The lowest BCUT2D eigenvalue weighted by atomic mass is 10.1. The minimum absolute atomic E-state index is 0. The fourth-order valence-corrected chi connectivity index (χ4v) is 6.25. The van der Waals surface area contributed by atoms with Crippen molar-refractivity contribution in [3.05, 3.63) is 0 Å². The van der Waals surface area contributed by atoms with Gasteiger partial charge in [0.05, 0.1) is 19.8 Å². The molecule has 0 heterocycles. The predicted molar refractivity (Wildman–Crippen MR) is 213 cm³/mol. The van der Waals surface area contributed by atoms with Gasteiger partial charge in [0.25, 0.3) is 0 Å². The van der Waals surface area contributed by atoms with Crippen LogP contribution in [0.5, 0.6) is 0 Å². The van der Waals surface area contributed by atoms with Crippen LogP contribution in [0.4, 0.5) is 0 Å². The highest BCUT2D eigenvalue weighted by Gasteiger charge is 2.04. The van der Waals surface area contributed by atoms with E-state index in [1.807, 2.05) is 0 Å². The highest BCUT2D eigenvalue weighted by atomic mass is 32.3. The second kappa shape index (κ2) is 43.3. The molecule has 16 heteroatoms. The molecule has 0 saturated carbocycles. The summed E-state index contributed by atoms with van der Waals surface area (Å²) in [6.45, 7) is 6.93. The van der Waals surface area contributed by atoms with Crippen molar-refractivity contribution in [1.29, 1.82) is 0 Å². The van der Waals surface area contributed by atoms with E-state index in [0.29, 0.717) is 19.3 Å². The van der Waals surface area contributed by atoms with Crippen LogP contribution in [0.15, 0.2) is 0 Å². The molecule has 0 rings (SSSR count). The monoisotopic (exact) mass is 815 g/mol. The van der Waals surface area contributed by atoms with Gasteiger partial charge in [0.2, 0.25) is 0 Å². The van der Waals surface area contributed by atoms with Crippen molar-refractivity contribution in [3.63, 3.8) is 0 Å². The van der Waals surface area contributed by atoms with E-state index in [-0.39, 0.29) is 26.0 Å². The van der Waals surface area contributed by atoms with Gasteiger partial charge in [-0.1, -0.05) is 194 Å². The molecular formula is C36H81NO12S3. The van der Waals surface area contributed by atoms with E-state index in [4.69, 9.17) is 13.7 Å². The lowest BCUT2D eigenvalue weighted by Gasteiger charge is -2.02. The predicted octanol–water partition coefficient (Wildman–Crippen LogP) is 11.3. The second-order valence-corrected chi connectivity index (χ2v) is 16.6. The van der Waals surface area contributed by atoms with Crippen molar-refractivity contribution in [2.75, 3.05) is 19.8 Å². The molecule has 0 unspecified atom stereocenters. The summed E-state index contributed by atoms with van der Waals surface area (Å²) in [5.74, 6) is 0. The summed E-state index contributed by atoms with van der Waals surface area (Å²) in [7, 11) is -12.7. The maximum atomic E-state index is 10.2. The second-order valence-electron chi connectivity index (χ2n) is 13.3. The van der Waals surface area contributed by atoms with E-state index in [1.54, 1.807) is 0 Å². The summed E-state index contributed by atoms with van der Waals surface area (Å²) in [4.78, 5) is 0. The van der Waals surface area contributed by atoms with Crippen molar-refractivity contribution in [3.8, 4) is 0 Å². The lowest BCUT2D eigenvalue weighted by molar-refractivity contribution is 0.260. The average molecular weight is 816 g/mol. The zero-order valence-corrected chi connectivity index (χ0v) is 35.7. The highest BCUT2D eigenvalue weighted by molar-refractivity contribution is 7.81. The van der Waals surface area contributed by atoms with Gasteiger partial charge in [-0.3, -0.25) is 13.7 Å². The maximum absolute atomic E-state index is 10.2. The first-order chi connectivity index (χ1) is 24.2. The Bertz CT molecular complexity index is 883. The highest BCUT2D eigenvalue weighted by Crippen LogP contribution is 2.13. The van der Waals surface area contributed by atoms with Crippen molar-refractivity contribution >= 4 is 31.2 Å². The van der Waals surface area contributed by atoms with E-state index in [9.17, 15) is 25.3 Å². The zero-order valence-electron chi connectivity index (χ0n) is 33.3. The van der Waals surface area contributed by atoms with E-state index < -0.39 is 31.2 Å². The van der Waals surface area contributed by atoms with E-state index in [0.717, 1.165) is 38.5 Å². The van der Waals surface area contributed by atoms with Crippen LogP contribution in [-0.2, 0) is 43.7 Å². The maximum Gasteiger partial charge on any atom is 0.397 e. The van der Waals surface area contributed by atoms with E-state index in [1.165, 1.54) is 135 Å². The summed E-state index contributed by atoms with van der Waals surface area (Å²) in [5, 5.41) is 0. The Kier molecular flexibility index (Phi) is 48.5. The van der Waals surface area contributed by atoms with E-state index in [2.05, 4.69) is 33.3 Å². The molecule has 0 aromatic rings. The van der Waals surface area contributed by atoms with Gasteiger partial charge in [0.1, 0.15) is 0 Å². The molecule has 0 amide bonds. The van der Waals surface area contributed by atoms with Crippen LogP contribution in [-0.4, -0.2) is 58.7 Å². The van der Waals surface area contributed by atoms with Crippen LogP contribution in [0, 0.1) is 0 Å². The molecule has 0 spiro atoms. The summed E-state index contributed by atoms with van der Waals surface area (Å²) in [6.07, 6.45) is 35.6. The summed E-state index contributed by atoms with van der Waals surface area (Å²) < 4.78 is 99.0. The molecule has 6 N–H and O–H groups in total. The third-order valence-corrected chi connectivity index (χ3v) is 9.58. The Balaban J connectivity index is -0.000000329. The van der Waals surface area contributed by atoms with Crippen LogP contribution in [0.2, 0.25) is 0 Å². The van der Waals surface area contributed by atoms with Crippen molar-refractivity contribution in [2.24, 2.45) is 0 Å². The normalized spacial score (nSPS) is 11.7. The molecule has 0 aliphatic heterocycles. The molecule has 0 aromatic heterocycles. The third kappa shape index (κ3) is 67.7. The van der Waals surface area contributed by atoms with Crippen LogP contribution < -0.4 is 6.15 Å². The van der Waals surface area contributed by atoms with Crippen LogP contribution >= 0.6 is 0 Å². The minimum atomic E-state index is -4.23. The standard InChI is InChI=1S/3C12H26O4S.H3N/c3*1-2-3-4-5-6-7-8-9-10-11-12-16-17(13,14)15;/h3*2-12H2,1H3,(H,13,14,15);1H3. The van der Waals surface area contributed by atoms with Gasteiger partial charge in [-0.15, -0.1) is 0 Å². The molecule has 0 saturated heterocycles. The molecule has 0 aromatic carbocycles. The Hall–Kier alpha value is -0.430. The Morgan fingerprint density at radius 3 is 0.558 bits per heavy atom. The molecule has 0 fully saturated rings. The first kappa shape index (κ1) is 58.3. The molecule has 0 radical (unpaired) electrons. The smallest absolute Gasteiger partial charge is 0.344 e. The third-order valence-electron chi connectivity index (χ3n) is 8.19. The first-order valence-electron chi connectivity index (χ1n) is 20.0. The van der Waals surface area contributed by atoms with Crippen LogP contribution in [0.25, 0.3) is 0 Å². The van der Waals surface area contributed by atoms with Gasteiger partial charge in [-0.2, -0.15) is 25.3 Å². The molecule has 320 valence electrons. The van der Waals surface area contributed by atoms with Gasteiger partial charge in [-0.25, -0.2) is 12.5 Å². The Labute approximate surface area is 321 Å². The van der Waals surface area contributed by atoms with Gasteiger partial charge in [-0.05, 0) is 19.3 Å². The Morgan fingerprint density at radius 1 is 0.288 bits per heavy atom. The number of hydrogen-bond donors (Lipinski definition) is 4. The lowest BCUT2D eigenvalue weighted by Crippen LogP contribution is -2.04. The zero-order chi connectivity index (χ0) is 39.0. The SMILES string of the molecule is CCCCCCCCCCCCOS(=O)(=O)O.CCCCCCCCCCCCOS(=O)(=O)O.CCCCCCCCCCCCOS(=O)(=O)O.N. The largest absolute Gasteiger partial charge is 0.397 e. The fourth-order valence-electron chi connectivity index (χ4n) is 5.26. The molecular weight excluding hydrogens is 735 g/mol. The quantitative estimate of drug-likeness (QED) is 0.0341. The van der Waals surface area contributed by atoms with E-state index >= 15 is 0 Å². The van der Waals surface area contributed by atoms with Gasteiger partial charge < -0.3 is 6.15 Å². The summed E-state index contributed by atoms with van der Waals surface area (Å²) >= 11 is 0. The Morgan fingerprint density at radius 2 is 0.423 bits per heavy atom. The van der Waals surface area contributed by atoms with Gasteiger partial charge >= 0.3 is 31.2 Å². The first-order valence-corrected chi connectivity index (χ1v) is 24.1. The van der Waals surface area contributed by atoms with Crippen molar-refractivity contribution < 1.29 is 51.5 Å². The van der Waals surface area contributed by atoms with Crippen molar-refractivity contribution in [2.45, 2.75) is 213 Å². The van der Waals surface area contributed by atoms with Crippen LogP contribution in [0.3, 0.4) is 0 Å². The molecule has 0 aliphatic rings. The number of unbranched alkanes of at least 4 members (excludes halogenated alkanes) is 27. The summed E-state index contributed by atoms with van der Waals surface area (Å²) in [5.41, 5.74) is 0. The number of hydrogen-bond acceptors (Lipinski definition) is 10. The molecule has 13 nitrogen and oxygen atoms in total. The van der Waals surface area contributed by atoms with Gasteiger partial charge in [0.15, 0.2) is 0 Å².